The van der Waals surface area contributed by atoms with Crippen LogP contribution in [0.5, 0.6) is 5.75 Å². The highest BCUT2D eigenvalue weighted by atomic mass is 16.3. The van der Waals surface area contributed by atoms with Crippen LogP contribution in [-0.2, 0) is 11.2 Å². The highest BCUT2D eigenvalue weighted by Gasteiger charge is 2.23. The molecule has 116 valence electrons. The number of amides is 1. The van der Waals surface area contributed by atoms with E-state index >= 15 is 0 Å². The van der Waals surface area contributed by atoms with E-state index in [2.05, 4.69) is 0 Å². The van der Waals surface area contributed by atoms with Gasteiger partial charge in [0.25, 0.3) is 0 Å². The Morgan fingerprint density at radius 3 is 2.43 bits per heavy atom. The quantitative estimate of drug-likeness (QED) is 0.713. The van der Waals surface area contributed by atoms with E-state index in [1.54, 1.807) is 13.0 Å². The monoisotopic (exact) mass is 308 g/mol. The summed E-state index contributed by atoms with van der Waals surface area (Å²) in [7, 11) is 0. The summed E-state index contributed by atoms with van der Waals surface area (Å²) in [5.74, 6) is -1.97. The van der Waals surface area contributed by atoms with Gasteiger partial charge in [0.2, 0.25) is 0 Å². The van der Waals surface area contributed by atoms with Gasteiger partial charge in [0.1, 0.15) is 5.75 Å². The van der Waals surface area contributed by atoms with E-state index in [-0.39, 0.29) is 5.75 Å². The van der Waals surface area contributed by atoms with E-state index in [1.165, 1.54) is 10.6 Å². The van der Waals surface area contributed by atoms with Gasteiger partial charge in [0.15, 0.2) is 0 Å². The lowest BCUT2D eigenvalue weighted by molar-refractivity contribution is -0.114. The lowest BCUT2D eigenvalue weighted by atomic mass is 10.0. The van der Waals surface area contributed by atoms with Gasteiger partial charge in [-0.15, -0.1) is 0 Å². The van der Waals surface area contributed by atoms with Gasteiger partial charge in [-0.05, 0) is 30.5 Å². The van der Waals surface area contributed by atoms with Crippen LogP contribution in [0.3, 0.4) is 0 Å². The number of primary amides is 1. The Labute approximate surface area is 133 Å². The van der Waals surface area contributed by atoms with Crippen molar-refractivity contribution >= 4 is 22.7 Å². The molecule has 3 aromatic rings. The summed E-state index contributed by atoms with van der Waals surface area (Å²) in [5, 5.41) is 10.9. The Hall–Kier alpha value is -3.08. The van der Waals surface area contributed by atoms with Crippen LogP contribution >= 0.6 is 0 Å². The first-order chi connectivity index (χ1) is 11.0. The van der Waals surface area contributed by atoms with Crippen LogP contribution in [0.2, 0.25) is 0 Å². The van der Waals surface area contributed by atoms with Gasteiger partial charge in [0.05, 0.1) is 5.52 Å². The van der Waals surface area contributed by atoms with Gasteiger partial charge in [-0.2, -0.15) is 0 Å². The third-order valence-electron chi connectivity index (χ3n) is 3.97. The fourth-order valence-corrected chi connectivity index (χ4v) is 2.89. The molecule has 0 fully saturated rings. The molecule has 0 spiro atoms. The number of nitrogens with two attached hydrogens (primary N) is 1. The molecule has 5 nitrogen and oxygen atoms in total. The number of carbonyl (C=O) groups excluding carboxylic acids is 2. The standard InChI is InChI=1S/C18H16N2O3/c1-11-14(10-12-6-3-2-4-7-12)13-8-5-9-15(21)16(13)20(11)18(23)17(19)22/h2-9,21H,10H2,1H3,(H2,19,22). The van der Waals surface area contributed by atoms with Crippen molar-refractivity contribution in [1.82, 2.24) is 4.57 Å². The summed E-state index contributed by atoms with van der Waals surface area (Å²) in [6.45, 7) is 1.75. The van der Waals surface area contributed by atoms with Crippen LogP contribution in [0.25, 0.3) is 10.9 Å². The number of aromatic nitrogens is 1. The van der Waals surface area contributed by atoms with Crippen molar-refractivity contribution < 1.29 is 14.7 Å². The normalized spacial score (nSPS) is 10.8. The average molecular weight is 308 g/mol. The van der Waals surface area contributed by atoms with Crippen molar-refractivity contribution in [2.24, 2.45) is 5.73 Å². The Balaban J connectivity index is 2.27. The highest BCUT2D eigenvalue weighted by molar-refractivity contribution is 6.37. The fourth-order valence-electron chi connectivity index (χ4n) is 2.89. The minimum atomic E-state index is -1.06. The molecule has 0 aliphatic heterocycles. The van der Waals surface area contributed by atoms with Gasteiger partial charge >= 0.3 is 11.8 Å². The largest absolute Gasteiger partial charge is 0.506 e. The molecular weight excluding hydrogens is 292 g/mol. The first-order valence-corrected chi connectivity index (χ1v) is 7.20. The molecule has 3 N–H and O–H groups in total. The Kier molecular flexibility index (Phi) is 3.62. The van der Waals surface area contributed by atoms with E-state index in [0.29, 0.717) is 17.6 Å². The van der Waals surface area contributed by atoms with Crippen molar-refractivity contribution in [1.29, 1.82) is 0 Å². The van der Waals surface area contributed by atoms with Crippen LogP contribution in [0.1, 0.15) is 21.6 Å². The van der Waals surface area contributed by atoms with Crippen LogP contribution in [0, 0.1) is 6.92 Å². The molecular formula is C18H16N2O3. The summed E-state index contributed by atoms with van der Waals surface area (Å²) in [6.07, 6.45) is 0.589. The number of hydrogen-bond donors (Lipinski definition) is 2. The van der Waals surface area contributed by atoms with Crippen LogP contribution in [0.4, 0.5) is 0 Å². The van der Waals surface area contributed by atoms with Gasteiger partial charge in [-0.3, -0.25) is 14.2 Å². The molecule has 1 aromatic heterocycles. The van der Waals surface area contributed by atoms with Crippen LogP contribution < -0.4 is 5.73 Å². The maximum Gasteiger partial charge on any atom is 0.320 e. The number of rotatable bonds is 2. The predicted molar refractivity (Wildman–Crippen MR) is 87.4 cm³/mol. The average Bonchev–Trinajstić information content (AvgIpc) is 2.82. The topological polar surface area (TPSA) is 85.3 Å². The first-order valence-electron chi connectivity index (χ1n) is 7.20. The molecule has 0 atom stereocenters. The van der Waals surface area contributed by atoms with Gasteiger partial charge < -0.3 is 10.8 Å². The fraction of sp³-hybridized carbons (Fsp3) is 0.111. The maximum atomic E-state index is 12.2. The summed E-state index contributed by atoms with van der Waals surface area (Å²) in [4.78, 5) is 23.5. The zero-order valence-electron chi connectivity index (χ0n) is 12.6. The third-order valence-corrected chi connectivity index (χ3v) is 3.97. The number of aromatic hydroxyl groups is 1. The molecule has 0 radical (unpaired) electrons. The lowest BCUT2D eigenvalue weighted by Crippen LogP contribution is -2.29. The molecule has 0 unspecified atom stereocenters. The minimum absolute atomic E-state index is 0.0560. The molecule has 0 aliphatic carbocycles. The number of carbonyl (C=O) groups is 2. The second-order valence-corrected chi connectivity index (χ2v) is 5.40. The van der Waals surface area contributed by atoms with E-state index < -0.39 is 11.8 Å². The Bertz CT molecular complexity index is 911. The molecule has 23 heavy (non-hydrogen) atoms. The zero-order valence-corrected chi connectivity index (χ0v) is 12.6. The Morgan fingerprint density at radius 2 is 1.78 bits per heavy atom. The summed E-state index contributed by atoms with van der Waals surface area (Å²) in [5.41, 5.74) is 8.03. The number of fused-ring (bicyclic) bond motifs is 1. The molecule has 1 heterocycles. The summed E-state index contributed by atoms with van der Waals surface area (Å²) in [6, 6.07) is 14.8. The SMILES string of the molecule is Cc1c(Cc2ccccc2)c2cccc(O)c2n1C(=O)C(N)=O. The lowest BCUT2D eigenvalue weighted by Gasteiger charge is -2.05. The predicted octanol–water partition coefficient (Wildman–Crippen LogP) is 2.37. The van der Waals surface area contributed by atoms with Crippen molar-refractivity contribution in [3.63, 3.8) is 0 Å². The Morgan fingerprint density at radius 1 is 1.09 bits per heavy atom. The summed E-state index contributed by atoms with van der Waals surface area (Å²) >= 11 is 0. The van der Waals surface area contributed by atoms with Crippen LogP contribution in [-0.4, -0.2) is 21.5 Å². The third kappa shape index (κ3) is 2.46. The van der Waals surface area contributed by atoms with E-state index in [0.717, 1.165) is 16.5 Å². The molecule has 0 saturated carbocycles. The number of para-hydroxylation sites is 1. The summed E-state index contributed by atoms with van der Waals surface area (Å²) < 4.78 is 1.20. The first kappa shape index (κ1) is 14.8. The molecule has 0 saturated heterocycles. The maximum absolute atomic E-state index is 12.2. The van der Waals surface area contributed by atoms with Gasteiger partial charge in [-0.1, -0.05) is 42.5 Å². The number of phenolic OH excluding ortho intramolecular Hbond substituents is 1. The van der Waals surface area contributed by atoms with Crippen molar-refractivity contribution in [2.75, 3.05) is 0 Å². The molecule has 0 aliphatic rings. The molecule has 0 bridgehead atoms. The highest BCUT2D eigenvalue weighted by Crippen LogP contribution is 2.33. The number of benzene rings is 2. The van der Waals surface area contributed by atoms with Crippen molar-refractivity contribution in [2.45, 2.75) is 13.3 Å². The van der Waals surface area contributed by atoms with Crippen LogP contribution in [0.15, 0.2) is 48.5 Å². The molecule has 5 heteroatoms. The number of nitrogens with zero attached hydrogens (tertiary/aromatic N) is 1. The molecule has 2 aromatic carbocycles. The van der Waals surface area contributed by atoms with Crippen molar-refractivity contribution in [3.8, 4) is 5.75 Å². The molecule has 3 rings (SSSR count). The second-order valence-electron chi connectivity index (χ2n) is 5.40. The van der Waals surface area contributed by atoms with E-state index in [1.807, 2.05) is 36.4 Å². The number of hydrogen-bond acceptors (Lipinski definition) is 3. The second kappa shape index (κ2) is 5.61. The molecule has 1 amide bonds. The van der Waals surface area contributed by atoms with Gasteiger partial charge in [-0.25, -0.2) is 0 Å². The number of phenols is 1. The van der Waals surface area contributed by atoms with E-state index in [4.69, 9.17) is 5.73 Å². The van der Waals surface area contributed by atoms with Crippen molar-refractivity contribution in [3.05, 3.63) is 65.4 Å². The smallest absolute Gasteiger partial charge is 0.320 e. The zero-order chi connectivity index (χ0) is 16.6. The van der Waals surface area contributed by atoms with Gasteiger partial charge in [0, 0.05) is 11.1 Å². The minimum Gasteiger partial charge on any atom is -0.506 e. The van der Waals surface area contributed by atoms with E-state index in [9.17, 15) is 14.7 Å².